The van der Waals surface area contributed by atoms with Crippen LogP contribution in [0.25, 0.3) is 0 Å². The second-order valence-corrected chi connectivity index (χ2v) is 6.83. The van der Waals surface area contributed by atoms with Crippen molar-refractivity contribution in [3.05, 3.63) is 35.4 Å². The van der Waals surface area contributed by atoms with Crippen LogP contribution in [0.2, 0.25) is 0 Å². The Labute approximate surface area is 139 Å². The van der Waals surface area contributed by atoms with Gasteiger partial charge in [-0.2, -0.15) is 0 Å². The third-order valence-corrected chi connectivity index (χ3v) is 4.65. The fourth-order valence-electron chi connectivity index (χ4n) is 3.21. The Bertz CT molecular complexity index is 499. The van der Waals surface area contributed by atoms with Crippen molar-refractivity contribution >= 4 is 5.91 Å². The zero-order valence-corrected chi connectivity index (χ0v) is 14.6. The summed E-state index contributed by atoms with van der Waals surface area (Å²) in [7, 11) is 0. The highest BCUT2D eigenvalue weighted by Crippen LogP contribution is 2.22. The van der Waals surface area contributed by atoms with Crippen LogP contribution in [0.1, 0.15) is 56.8 Å². The van der Waals surface area contributed by atoms with E-state index in [1.54, 1.807) is 0 Å². The van der Waals surface area contributed by atoms with E-state index in [9.17, 15) is 9.90 Å². The number of aliphatic hydroxyl groups is 1. The lowest BCUT2D eigenvalue weighted by molar-refractivity contribution is -0.126. The molecule has 128 valence electrons. The topological polar surface area (TPSA) is 52.6 Å². The molecule has 4 nitrogen and oxygen atoms in total. The molecule has 0 aromatic heterocycles. The maximum absolute atomic E-state index is 12.0. The highest BCUT2D eigenvalue weighted by molar-refractivity contribution is 5.78. The average Bonchev–Trinajstić information content (AvgIpc) is 2.55. The summed E-state index contributed by atoms with van der Waals surface area (Å²) in [6.45, 7) is 9.26. The zero-order valence-electron chi connectivity index (χ0n) is 14.6. The van der Waals surface area contributed by atoms with Gasteiger partial charge in [0.2, 0.25) is 5.91 Å². The second-order valence-electron chi connectivity index (χ2n) is 6.83. The minimum absolute atomic E-state index is 0.0548. The highest BCUT2D eigenvalue weighted by atomic mass is 16.3. The van der Waals surface area contributed by atoms with Crippen LogP contribution in [0, 0.1) is 5.92 Å². The van der Waals surface area contributed by atoms with Gasteiger partial charge in [0.1, 0.15) is 0 Å². The van der Waals surface area contributed by atoms with Gasteiger partial charge in [0.05, 0.1) is 12.0 Å². The Hall–Kier alpha value is -1.39. The summed E-state index contributed by atoms with van der Waals surface area (Å²) in [5.41, 5.74) is 2.24. The quantitative estimate of drug-likeness (QED) is 0.848. The number of likely N-dealkylation sites (tertiary alicyclic amines) is 1. The summed E-state index contributed by atoms with van der Waals surface area (Å²) in [6.07, 6.45) is 1.46. The minimum atomic E-state index is -0.496. The summed E-state index contributed by atoms with van der Waals surface area (Å²) in [4.78, 5) is 14.2. The molecule has 1 fully saturated rings. The molecule has 0 aliphatic carbocycles. The lowest BCUT2D eigenvalue weighted by Crippen LogP contribution is -2.44. The summed E-state index contributed by atoms with van der Waals surface area (Å²) in [5.74, 6) is 0.702. The molecule has 1 aromatic carbocycles. The van der Waals surface area contributed by atoms with E-state index in [2.05, 4.69) is 36.2 Å². The third-order valence-electron chi connectivity index (χ3n) is 4.65. The van der Waals surface area contributed by atoms with Crippen molar-refractivity contribution in [2.75, 3.05) is 26.2 Å². The molecule has 0 unspecified atom stereocenters. The van der Waals surface area contributed by atoms with Crippen LogP contribution in [-0.2, 0) is 4.79 Å². The van der Waals surface area contributed by atoms with Crippen molar-refractivity contribution in [1.29, 1.82) is 0 Å². The van der Waals surface area contributed by atoms with Crippen molar-refractivity contribution in [2.24, 2.45) is 5.92 Å². The average molecular weight is 318 g/mol. The van der Waals surface area contributed by atoms with Crippen molar-refractivity contribution in [2.45, 2.75) is 45.6 Å². The van der Waals surface area contributed by atoms with Crippen LogP contribution >= 0.6 is 0 Å². The molecule has 0 saturated carbocycles. The lowest BCUT2D eigenvalue weighted by atomic mass is 9.96. The highest BCUT2D eigenvalue weighted by Gasteiger charge is 2.26. The number of aliphatic hydroxyl groups excluding tert-OH is 1. The Morgan fingerprint density at radius 1 is 1.30 bits per heavy atom. The molecule has 1 aliphatic heterocycles. The number of rotatable bonds is 6. The van der Waals surface area contributed by atoms with E-state index < -0.39 is 6.10 Å². The smallest absolute Gasteiger partial charge is 0.224 e. The van der Waals surface area contributed by atoms with Crippen LogP contribution in [-0.4, -0.2) is 42.1 Å². The van der Waals surface area contributed by atoms with Gasteiger partial charge < -0.3 is 10.4 Å². The zero-order chi connectivity index (χ0) is 16.8. The number of benzene rings is 1. The van der Waals surface area contributed by atoms with Crippen molar-refractivity contribution in [1.82, 2.24) is 10.2 Å². The fraction of sp³-hybridized carbons (Fsp3) is 0.632. The first-order valence-electron chi connectivity index (χ1n) is 8.79. The molecule has 0 radical (unpaired) electrons. The largest absolute Gasteiger partial charge is 0.387 e. The molecule has 0 bridgehead atoms. The van der Waals surface area contributed by atoms with Crippen LogP contribution in [0.5, 0.6) is 0 Å². The molecule has 23 heavy (non-hydrogen) atoms. The molecule has 1 heterocycles. The monoisotopic (exact) mass is 318 g/mol. The molecule has 1 aromatic rings. The number of hydrogen-bond acceptors (Lipinski definition) is 3. The van der Waals surface area contributed by atoms with Crippen LogP contribution in [0.4, 0.5) is 0 Å². The van der Waals surface area contributed by atoms with Gasteiger partial charge in [-0.15, -0.1) is 0 Å². The van der Waals surface area contributed by atoms with Crippen molar-refractivity contribution < 1.29 is 9.90 Å². The fourth-order valence-corrected chi connectivity index (χ4v) is 3.21. The van der Waals surface area contributed by atoms with E-state index in [0.717, 1.165) is 31.5 Å². The van der Waals surface area contributed by atoms with E-state index >= 15 is 0 Å². The predicted octanol–water partition coefficient (Wildman–Crippen LogP) is 2.69. The van der Waals surface area contributed by atoms with Gasteiger partial charge in [-0.3, -0.25) is 9.69 Å². The molecule has 1 aliphatic rings. The van der Waals surface area contributed by atoms with Gasteiger partial charge in [0, 0.05) is 19.6 Å². The molecule has 2 rings (SSSR count). The molecule has 1 saturated heterocycles. The van der Waals surface area contributed by atoms with E-state index in [4.69, 9.17) is 0 Å². The van der Waals surface area contributed by atoms with Gasteiger partial charge >= 0.3 is 0 Å². The van der Waals surface area contributed by atoms with Crippen LogP contribution < -0.4 is 5.32 Å². The first-order chi connectivity index (χ1) is 11.0. The Balaban J connectivity index is 1.91. The SMILES string of the molecule is CCNC(=O)[C@@H]1CCCN(C[C@@H](O)c2ccc(C(C)C)cc2)C1. The Morgan fingerprint density at radius 2 is 1.96 bits per heavy atom. The van der Waals surface area contributed by atoms with Crippen molar-refractivity contribution in [3.63, 3.8) is 0 Å². The standard InChI is InChI=1S/C19H30N2O2/c1-4-20-19(23)17-6-5-11-21(12-17)13-18(22)16-9-7-15(8-10-16)14(2)3/h7-10,14,17-18,22H,4-6,11-13H2,1-3H3,(H,20,23)/t17-,18-/m1/s1. The van der Waals surface area contributed by atoms with Gasteiger partial charge in [-0.25, -0.2) is 0 Å². The van der Waals surface area contributed by atoms with E-state index in [1.807, 2.05) is 19.1 Å². The van der Waals surface area contributed by atoms with E-state index in [0.29, 0.717) is 19.0 Å². The van der Waals surface area contributed by atoms with Crippen molar-refractivity contribution in [3.8, 4) is 0 Å². The maximum atomic E-state index is 12.0. The number of nitrogens with zero attached hydrogens (tertiary/aromatic N) is 1. The second kappa shape index (κ2) is 8.46. The number of piperidine rings is 1. The predicted molar refractivity (Wildman–Crippen MR) is 93.3 cm³/mol. The summed E-state index contributed by atoms with van der Waals surface area (Å²) < 4.78 is 0. The minimum Gasteiger partial charge on any atom is -0.387 e. The number of hydrogen-bond donors (Lipinski definition) is 2. The number of carbonyl (C=O) groups excluding carboxylic acids is 1. The number of amides is 1. The number of nitrogens with one attached hydrogen (secondary N) is 1. The van der Waals surface area contributed by atoms with E-state index in [1.165, 1.54) is 5.56 Å². The first-order valence-corrected chi connectivity index (χ1v) is 8.79. The van der Waals surface area contributed by atoms with Gasteiger partial charge in [-0.05, 0) is 43.4 Å². The summed E-state index contributed by atoms with van der Waals surface area (Å²) in [6, 6.07) is 8.23. The van der Waals surface area contributed by atoms with Crippen LogP contribution in [0.3, 0.4) is 0 Å². The lowest BCUT2D eigenvalue weighted by Gasteiger charge is -2.33. The molecule has 4 heteroatoms. The number of β-amino-alcohol motifs (C(OH)–C–C–N with tert-alkyl or cyclic N) is 1. The van der Waals surface area contributed by atoms with Gasteiger partial charge in [0.25, 0.3) is 0 Å². The Kier molecular flexibility index (Phi) is 6.60. The maximum Gasteiger partial charge on any atom is 0.224 e. The summed E-state index contributed by atoms with van der Waals surface area (Å²) in [5, 5.41) is 13.4. The molecule has 2 N–H and O–H groups in total. The normalized spacial score (nSPS) is 20.5. The first kappa shape index (κ1) is 18.0. The van der Waals surface area contributed by atoms with E-state index in [-0.39, 0.29) is 11.8 Å². The molecule has 0 spiro atoms. The van der Waals surface area contributed by atoms with Gasteiger partial charge in [-0.1, -0.05) is 38.1 Å². The number of carbonyl (C=O) groups is 1. The molecular weight excluding hydrogens is 288 g/mol. The Morgan fingerprint density at radius 3 is 2.57 bits per heavy atom. The van der Waals surface area contributed by atoms with Gasteiger partial charge in [0.15, 0.2) is 0 Å². The van der Waals surface area contributed by atoms with Crippen LogP contribution in [0.15, 0.2) is 24.3 Å². The third kappa shape index (κ3) is 5.05. The molecular formula is C19H30N2O2. The molecule has 2 atom stereocenters. The summed E-state index contributed by atoms with van der Waals surface area (Å²) >= 11 is 0. The molecule has 1 amide bonds.